The minimum atomic E-state index is 0.0947. The van der Waals surface area contributed by atoms with E-state index in [4.69, 9.17) is 16.7 Å². The highest BCUT2D eigenvalue weighted by molar-refractivity contribution is 6.31. The number of aliphatic hydroxyl groups is 1. The summed E-state index contributed by atoms with van der Waals surface area (Å²) in [5.41, 5.74) is 1.46. The van der Waals surface area contributed by atoms with Gasteiger partial charge in [-0.05, 0) is 31.0 Å². The van der Waals surface area contributed by atoms with Crippen LogP contribution in [-0.2, 0) is 0 Å². The number of nitrogens with zero attached hydrogens (tertiary/aromatic N) is 1. The number of aldehydes is 1. The summed E-state index contributed by atoms with van der Waals surface area (Å²) in [7, 11) is 0. The Bertz CT molecular complexity index is 391. The van der Waals surface area contributed by atoms with E-state index in [0.717, 1.165) is 24.8 Å². The van der Waals surface area contributed by atoms with Gasteiger partial charge in [-0.1, -0.05) is 11.6 Å². The van der Waals surface area contributed by atoms with Crippen molar-refractivity contribution in [2.75, 3.05) is 18.1 Å². The Labute approximate surface area is 99.6 Å². The monoisotopic (exact) mass is 239 g/mol. The smallest absolute Gasteiger partial charge is 0.152 e. The average Bonchev–Trinajstić information content (AvgIpc) is 3.10. The lowest BCUT2D eigenvalue weighted by atomic mass is 10.1. The molecule has 0 saturated heterocycles. The molecule has 1 aliphatic carbocycles. The summed E-state index contributed by atoms with van der Waals surface area (Å²) in [5.74, 6) is 0. The van der Waals surface area contributed by atoms with Gasteiger partial charge in [-0.15, -0.1) is 0 Å². The van der Waals surface area contributed by atoms with Crippen LogP contribution in [0.25, 0.3) is 0 Å². The summed E-state index contributed by atoms with van der Waals surface area (Å²) in [4.78, 5) is 13.1. The summed E-state index contributed by atoms with van der Waals surface area (Å²) in [5, 5.41) is 9.60. The van der Waals surface area contributed by atoms with Crippen LogP contribution in [0.2, 0.25) is 5.02 Å². The van der Waals surface area contributed by atoms with Gasteiger partial charge in [0.15, 0.2) is 6.29 Å². The molecule has 0 aliphatic heterocycles. The third-order valence-electron chi connectivity index (χ3n) is 2.75. The maximum atomic E-state index is 11.0. The van der Waals surface area contributed by atoms with Crippen LogP contribution in [0.15, 0.2) is 18.2 Å². The molecule has 1 aliphatic rings. The quantitative estimate of drug-likeness (QED) is 0.801. The highest BCUT2D eigenvalue weighted by Gasteiger charge is 2.29. The first-order valence-electron chi connectivity index (χ1n) is 5.38. The van der Waals surface area contributed by atoms with E-state index < -0.39 is 0 Å². The molecule has 0 spiro atoms. The molecule has 3 nitrogen and oxygen atoms in total. The van der Waals surface area contributed by atoms with Crippen molar-refractivity contribution in [3.05, 3.63) is 28.8 Å². The van der Waals surface area contributed by atoms with Gasteiger partial charge in [0.25, 0.3) is 0 Å². The predicted octanol–water partition coefficient (Wildman–Crippen LogP) is 2.11. The lowest BCUT2D eigenvalue weighted by Gasteiger charge is -2.25. The highest BCUT2D eigenvalue weighted by atomic mass is 35.5. The third-order valence-corrected chi connectivity index (χ3v) is 2.99. The van der Waals surface area contributed by atoms with Crippen LogP contribution in [0.4, 0.5) is 5.69 Å². The average molecular weight is 240 g/mol. The Morgan fingerprint density at radius 3 is 2.81 bits per heavy atom. The first-order chi connectivity index (χ1) is 7.76. The van der Waals surface area contributed by atoms with E-state index in [1.54, 1.807) is 12.1 Å². The topological polar surface area (TPSA) is 40.5 Å². The molecule has 1 N–H and O–H groups in total. The molecule has 1 fully saturated rings. The number of benzene rings is 1. The van der Waals surface area contributed by atoms with Crippen molar-refractivity contribution in [2.45, 2.75) is 18.9 Å². The number of aliphatic hydroxyl groups excluding tert-OH is 1. The van der Waals surface area contributed by atoms with E-state index in [1.165, 1.54) is 0 Å². The SMILES string of the molecule is O=Cc1cc(Cl)ccc1N(CCO)C1CC1. The molecule has 86 valence electrons. The fraction of sp³-hybridized carbons (Fsp3) is 0.417. The highest BCUT2D eigenvalue weighted by Crippen LogP contribution is 2.33. The standard InChI is InChI=1S/C12H14ClNO2/c13-10-1-4-12(9(7-10)8-16)14(5-6-15)11-2-3-11/h1,4,7-8,11,15H,2-3,5-6H2. The Kier molecular flexibility index (Phi) is 3.46. The van der Waals surface area contributed by atoms with Crippen molar-refractivity contribution in [3.63, 3.8) is 0 Å². The molecule has 1 aromatic rings. The number of carbonyl (C=O) groups is 1. The summed E-state index contributed by atoms with van der Waals surface area (Å²) in [6.07, 6.45) is 3.07. The van der Waals surface area contributed by atoms with Gasteiger partial charge in [0.1, 0.15) is 0 Å². The van der Waals surface area contributed by atoms with Crippen molar-refractivity contribution < 1.29 is 9.90 Å². The van der Waals surface area contributed by atoms with Crippen LogP contribution in [0.1, 0.15) is 23.2 Å². The molecule has 1 aromatic carbocycles. The Hall–Kier alpha value is -1.06. The van der Waals surface area contributed by atoms with E-state index in [0.29, 0.717) is 23.2 Å². The lowest BCUT2D eigenvalue weighted by Crippen LogP contribution is -2.29. The summed E-state index contributed by atoms with van der Waals surface area (Å²) < 4.78 is 0. The van der Waals surface area contributed by atoms with Crippen LogP contribution in [-0.4, -0.2) is 30.6 Å². The second-order valence-electron chi connectivity index (χ2n) is 3.97. The zero-order chi connectivity index (χ0) is 11.5. The van der Waals surface area contributed by atoms with Crippen LogP contribution >= 0.6 is 11.6 Å². The van der Waals surface area contributed by atoms with Gasteiger partial charge in [-0.2, -0.15) is 0 Å². The van der Waals surface area contributed by atoms with Crippen molar-refractivity contribution >= 4 is 23.6 Å². The van der Waals surface area contributed by atoms with Crippen molar-refractivity contribution in [3.8, 4) is 0 Å². The molecule has 0 aromatic heterocycles. The maximum Gasteiger partial charge on any atom is 0.152 e. The van der Waals surface area contributed by atoms with Gasteiger partial charge in [0.2, 0.25) is 0 Å². The zero-order valence-electron chi connectivity index (χ0n) is 8.90. The molecule has 1 saturated carbocycles. The fourth-order valence-electron chi connectivity index (χ4n) is 1.87. The Balaban J connectivity index is 2.31. The molecule has 0 unspecified atom stereocenters. The third kappa shape index (κ3) is 2.36. The second kappa shape index (κ2) is 4.85. The molecule has 0 bridgehead atoms. The Morgan fingerprint density at radius 2 is 2.25 bits per heavy atom. The van der Waals surface area contributed by atoms with Gasteiger partial charge in [0.05, 0.1) is 6.61 Å². The predicted molar refractivity (Wildman–Crippen MR) is 64.3 cm³/mol. The van der Waals surface area contributed by atoms with E-state index in [1.807, 2.05) is 6.07 Å². The molecule has 16 heavy (non-hydrogen) atoms. The van der Waals surface area contributed by atoms with Crippen LogP contribution < -0.4 is 4.90 Å². The van der Waals surface area contributed by atoms with Gasteiger partial charge >= 0.3 is 0 Å². The first-order valence-corrected chi connectivity index (χ1v) is 5.76. The van der Waals surface area contributed by atoms with Crippen molar-refractivity contribution in [1.29, 1.82) is 0 Å². The molecular formula is C12H14ClNO2. The van der Waals surface area contributed by atoms with Crippen molar-refractivity contribution in [2.24, 2.45) is 0 Å². The minimum Gasteiger partial charge on any atom is -0.395 e. The van der Waals surface area contributed by atoms with E-state index in [2.05, 4.69) is 4.90 Å². The van der Waals surface area contributed by atoms with E-state index >= 15 is 0 Å². The number of anilines is 1. The van der Waals surface area contributed by atoms with Crippen molar-refractivity contribution in [1.82, 2.24) is 0 Å². The lowest BCUT2D eigenvalue weighted by molar-refractivity contribution is 0.112. The molecular weight excluding hydrogens is 226 g/mol. The minimum absolute atomic E-state index is 0.0947. The number of carbonyl (C=O) groups excluding carboxylic acids is 1. The number of hydrogen-bond acceptors (Lipinski definition) is 3. The van der Waals surface area contributed by atoms with Gasteiger partial charge < -0.3 is 10.0 Å². The summed E-state index contributed by atoms with van der Waals surface area (Å²) >= 11 is 5.85. The molecule has 2 rings (SSSR count). The zero-order valence-corrected chi connectivity index (χ0v) is 9.65. The number of halogens is 1. The number of rotatable bonds is 5. The van der Waals surface area contributed by atoms with Gasteiger partial charge in [-0.25, -0.2) is 0 Å². The molecule has 0 radical (unpaired) electrons. The summed E-state index contributed by atoms with van der Waals surface area (Å²) in [6, 6.07) is 5.75. The first kappa shape index (κ1) is 11.4. The van der Waals surface area contributed by atoms with Crippen LogP contribution in [0.5, 0.6) is 0 Å². The van der Waals surface area contributed by atoms with Gasteiger partial charge in [-0.3, -0.25) is 4.79 Å². The molecule has 0 atom stereocenters. The van der Waals surface area contributed by atoms with E-state index in [9.17, 15) is 4.79 Å². The van der Waals surface area contributed by atoms with Crippen LogP contribution in [0, 0.1) is 0 Å². The number of hydrogen-bond donors (Lipinski definition) is 1. The normalized spacial score (nSPS) is 14.9. The largest absolute Gasteiger partial charge is 0.395 e. The fourth-order valence-corrected chi connectivity index (χ4v) is 2.06. The Morgan fingerprint density at radius 1 is 1.50 bits per heavy atom. The maximum absolute atomic E-state index is 11.0. The molecule has 0 amide bonds. The van der Waals surface area contributed by atoms with E-state index in [-0.39, 0.29) is 6.61 Å². The second-order valence-corrected chi connectivity index (χ2v) is 4.41. The molecule has 0 heterocycles. The van der Waals surface area contributed by atoms with Crippen LogP contribution in [0.3, 0.4) is 0 Å². The summed E-state index contributed by atoms with van der Waals surface area (Å²) in [6.45, 7) is 0.657. The molecule has 4 heteroatoms. The van der Waals surface area contributed by atoms with Gasteiger partial charge in [0, 0.05) is 28.9 Å².